The summed E-state index contributed by atoms with van der Waals surface area (Å²) in [6.07, 6.45) is 0.510. The third kappa shape index (κ3) is 4.06. The van der Waals surface area contributed by atoms with E-state index >= 15 is 0 Å². The molecule has 1 fully saturated rings. The van der Waals surface area contributed by atoms with Crippen LogP contribution in [0.5, 0.6) is 0 Å². The largest absolute Gasteiger partial charge is 0.445 e. The maximum absolute atomic E-state index is 11.4. The number of Topliss-reactive ketones (excluding diaryl/α,β-unsaturated/α-hetero) is 1. The van der Waals surface area contributed by atoms with E-state index in [9.17, 15) is 14.7 Å². The summed E-state index contributed by atoms with van der Waals surface area (Å²) < 4.78 is 5.03. The van der Waals surface area contributed by atoms with Crippen LogP contribution in [-0.2, 0) is 16.1 Å². The van der Waals surface area contributed by atoms with Gasteiger partial charge >= 0.3 is 6.09 Å². The highest BCUT2D eigenvalue weighted by Gasteiger charge is 2.33. The molecule has 0 aliphatic heterocycles. The molecule has 0 saturated heterocycles. The van der Waals surface area contributed by atoms with Crippen molar-refractivity contribution >= 4 is 11.9 Å². The number of benzene rings is 1. The Morgan fingerprint density at radius 1 is 1.40 bits per heavy atom. The Hall–Kier alpha value is -1.88. The number of alkyl carbamates (subject to hydrolysis) is 1. The van der Waals surface area contributed by atoms with Crippen molar-refractivity contribution in [3.8, 4) is 0 Å². The molecule has 1 saturated carbocycles. The number of carbonyl (C=O) groups is 2. The second kappa shape index (κ2) is 7.05. The zero-order valence-corrected chi connectivity index (χ0v) is 11.2. The quantitative estimate of drug-likeness (QED) is 0.829. The van der Waals surface area contributed by atoms with E-state index in [1.54, 1.807) is 0 Å². The van der Waals surface area contributed by atoms with Gasteiger partial charge in [0.05, 0.1) is 6.10 Å². The van der Waals surface area contributed by atoms with Gasteiger partial charge in [0.2, 0.25) is 0 Å². The minimum Gasteiger partial charge on any atom is -0.445 e. The smallest absolute Gasteiger partial charge is 0.407 e. The van der Waals surface area contributed by atoms with Gasteiger partial charge in [-0.3, -0.25) is 4.79 Å². The van der Waals surface area contributed by atoms with Gasteiger partial charge in [0, 0.05) is 18.9 Å². The molecule has 2 N–H and O–H groups in total. The standard InChI is InChI=1S/C15H19NO4/c17-13-7-6-12(13)14(18)8-9-16-15(19)20-10-11-4-2-1-3-5-11/h1-5,12,14,18H,6-10H2,(H,16,19)/t12-,14-/m0/s1. The summed E-state index contributed by atoms with van der Waals surface area (Å²) in [5.41, 5.74) is 0.919. The van der Waals surface area contributed by atoms with Crippen molar-refractivity contribution in [1.82, 2.24) is 5.32 Å². The number of amides is 1. The predicted octanol–water partition coefficient (Wildman–Crippen LogP) is 1.64. The lowest BCUT2D eigenvalue weighted by atomic mass is 9.79. The van der Waals surface area contributed by atoms with Crippen LogP contribution in [0.1, 0.15) is 24.8 Å². The van der Waals surface area contributed by atoms with Crippen LogP contribution in [0.4, 0.5) is 4.79 Å². The van der Waals surface area contributed by atoms with Crippen LogP contribution in [0.3, 0.4) is 0 Å². The van der Waals surface area contributed by atoms with Gasteiger partial charge in [0.25, 0.3) is 0 Å². The Morgan fingerprint density at radius 3 is 2.75 bits per heavy atom. The Labute approximate surface area is 117 Å². The molecule has 1 aliphatic rings. The fourth-order valence-corrected chi connectivity index (χ4v) is 2.13. The zero-order valence-electron chi connectivity index (χ0n) is 11.2. The Balaban J connectivity index is 1.59. The minimum absolute atomic E-state index is 0.115. The molecule has 1 aliphatic carbocycles. The number of rotatable bonds is 6. The SMILES string of the molecule is O=C(NCC[C@H](O)[C@H]1CCC1=O)OCc1ccccc1. The van der Waals surface area contributed by atoms with Gasteiger partial charge in [-0.25, -0.2) is 4.79 Å². The molecule has 1 aromatic carbocycles. The van der Waals surface area contributed by atoms with Gasteiger partial charge < -0.3 is 15.2 Å². The van der Waals surface area contributed by atoms with Crippen LogP contribution in [0.2, 0.25) is 0 Å². The first-order valence-corrected chi connectivity index (χ1v) is 6.82. The molecule has 0 heterocycles. The highest BCUT2D eigenvalue weighted by atomic mass is 16.5. The van der Waals surface area contributed by atoms with Crippen LogP contribution in [0, 0.1) is 5.92 Å². The van der Waals surface area contributed by atoms with E-state index in [-0.39, 0.29) is 18.3 Å². The van der Waals surface area contributed by atoms with Crippen molar-refractivity contribution in [2.24, 2.45) is 5.92 Å². The molecule has 20 heavy (non-hydrogen) atoms. The molecule has 1 aromatic rings. The lowest BCUT2D eigenvalue weighted by Gasteiger charge is -2.28. The topological polar surface area (TPSA) is 75.6 Å². The molecular formula is C15H19NO4. The van der Waals surface area contributed by atoms with E-state index in [2.05, 4.69) is 5.32 Å². The normalized spacial score (nSPS) is 19.1. The van der Waals surface area contributed by atoms with Gasteiger partial charge in [-0.2, -0.15) is 0 Å². The van der Waals surface area contributed by atoms with E-state index in [4.69, 9.17) is 4.74 Å². The Morgan fingerprint density at radius 2 is 2.15 bits per heavy atom. The monoisotopic (exact) mass is 277 g/mol. The lowest BCUT2D eigenvalue weighted by Crippen LogP contribution is -2.38. The van der Waals surface area contributed by atoms with Crippen molar-refractivity contribution < 1.29 is 19.4 Å². The fraction of sp³-hybridized carbons (Fsp3) is 0.467. The summed E-state index contributed by atoms with van der Waals surface area (Å²) in [5, 5.41) is 12.3. The summed E-state index contributed by atoms with van der Waals surface area (Å²) in [7, 11) is 0. The van der Waals surface area contributed by atoms with Crippen molar-refractivity contribution in [2.75, 3.05) is 6.54 Å². The maximum Gasteiger partial charge on any atom is 0.407 e. The summed E-state index contributed by atoms with van der Waals surface area (Å²) in [5.74, 6) is -0.124. The van der Waals surface area contributed by atoms with Crippen molar-refractivity contribution in [2.45, 2.75) is 32.0 Å². The number of hydrogen-bond donors (Lipinski definition) is 2. The van der Waals surface area contributed by atoms with Crippen LogP contribution >= 0.6 is 0 Å². The Bertz CT molecular complexity index is 460. The van der Waals surface area contributed by atoms with E-state index < -0.39 is 12.2 Å². The van der Waals surface area contributed by atoms with E-state index in [0.717, 1.165) is 12.0 Å². The van der Waals surface area contributed by atoms with Gasteiger partial charge in [0.1, 0.15) is 12.4 Å². The molecular weight excluding hydrogens is 258 g/mol. The first-order valence-electron chi connectivity index (χ1n) is 6.82. The molecule has 5 heteroatoms. The van der Waals surface area contributed by atoms with Crippen LogP contribution in [0.25, 0.3) is 0 Å². The molecule has 0 radical (unpaired) electrons. The average molecular weight is 277 g/mol. The number of ketones is 1. The predicted molar refractivity (Wildman–Crippen MR) is 73.0 cm³/mol. The van der Waals surface area contributed by atoms with Gasteiger partial charge in [-0.05, 0) is 18.4 Å². The molecule has 1 amide bonds. The fourth-order valence-electron chi connectivity index (χ4n) is 2.13. The molecule has 0 unspecified atom stereocenters. The molecule has 5 nitrogen and oxygen atoms in total. The van der Waals surface area contributed by atoms with Crippen molar-refractivity contribution in [3.63, 3.8) is 0 Å². The van der Waals surface area contributed by atoms with Crippen LogP contribution in [0.15, 0.2) is 30.3 Å². The van der Waals surface area contributed by atoms with E-state index in [1.165, 1.54) is 0 Å². The maximum atomic E-state index is 11.4. The average Bonchev–Trinajstić information content (AvgIpc) is 2.44. The number of aliphatic hydroxyl groups is 1. The summed E-state index contributed by atoms with van der Waals surface area (Å²) >= 11 is 0. The van der Waals surface area contributed by atoms with E-state index in [0.29, 0.717) is 19.4 Å². The number of aliphatic hydroxyl groups excluding tert-OH is 1. The molecule has 0 spiro atoms. The Kier molecular flexibility index (Phi) is 5.12. The first kappa shape index (κ1) is 14.5. The third-order valence-electron chi connectivity index (χ3n) is 3.50. The molecule has 108 valence electrons. The van der Waals surface area contributed by atoms with E-state index in [1.807, 2.05) is 30.3 Å². The van der Waals surface area contributed by atoms with Gasteiger partial charge in [-0.1, -0.05) is 30.3 Å². The van der Waals surface area contributed by atoms with Gasteiger partial charge in [-0.15, -0.1) is 0 Å². The van der Waals surface area contributed by atoms with Gasteiger partial charge in [0.15, 0.2) is 0 Å². The second-order valence-electron chi connectivity index (χ2n) is 4.96. The van der Waals surface area contributed by atoms with Crippen molar-refractivity contribution in [1.29, 1.82) is 0 Å². The highest BCUT2D eigenvalue weighted by Crippen LogP contribution is 2.26. The molecule has 2 atom stereocenters. The van der Waals surface area contributed by atoms with Crippen LogP contribution < -0.4 is 5.32 Å². The first-order chi connectivity index (χ1) is 9.66. The number of hydrogen-bond acceptors (Lipinski definition) is 4. The minimum atomic E-state index is -0.661. The highest BCUT2D eigenvalue weighted by molar-refractivity contribution is 5.86. The molecule has 0 bridgehead atoms. The van der Waals surface area contributed by atoms with Crippen LogP contribution in [-0.4, -0.2) is 29.6 Å². The molecule has 0 aromatic heterocycles. The lowest BCUT2D eigenvalue weighted by molar-refractivity contribution is -0.134. The summed E-state index contributed by atoms with van der Waals surface area (Å²) in [6.45, 7) is 0.523. The summed E-state index contributed by atoms with van der Waals surface area (Å²) in [4.78, 5) is 22.6. The molecule has 2 rings (SSSR count). The third-order valence-corrected chi connectivity index (χ3v) is 3.50. The zero-order chi connectivity index (χ0) is 14.4. The number of carbonyl (C=O) groups excluding carboxylic acids is 2. The number of ether oxygens (including phenoxy) is 1. The van der Waals surface area contributed by atoms with Crippen molar-refractivity contribution in [3.05, 3.63) is 35.9 Å². The number of nitrogens with one attached hydrogen (secondary N) is 1. The summed E-state index contributed by atoms with van der Waals surface area (Å²) in [6, 6.07) is 9.40. The second-order valence-corrected chi connectivity index (χ2v) is 4.96.